The molecule has 0 radical (unpaired) electrons. The Balaban J connectivity index is 2.17. The highest BCUT2D eigenvalue weighted by Gasteiger charge is 2.53. The van der Waals surface area contributed by atoms with Crippen molar-refractivity contribution in [2.75, 3.05) is 0 Å². The van der Waals surface area contributed by atoms with Gasteiger partial charge in [0.25, 0.3) is 0 Å². The van der Waals surface area contributed by atoms with E-state index in [1.807, 2.05) is 33.8 Å². The molecule has 1 aliphatic rings. The number of pyridine rings is 1. The van der Waals surface area contributed by atoms with Gasteiger partial charge in [0.15, 0.2) is 0 Å². The maximum Gasteiger partial charge on any atom is 0.493 e. The lowest BCUT2D eigenvalue weighted by Gasteiger charge is -2.32. The average molecular weight is 235 g/mol. The van der Waals surface area contributed by atoms with Crippen LogP contribution in [-0.2, 0) is 9.31 Å². The third-order valence-electron chi connectivity index (χ3n) is 3.56. The second kappa shape index (κ2) is 4.08. The maximum absolute atomic E-state index is 10.2. The third-order valence-corrected chi connectivity index (χ3v) is 3.56. The Morgan fingerprint density at radius 3 is 2.29 bits per heavy atom. The van der Waals surface area contributed by atoms with Crippen LogP contribution in [0.4, 0.5) is 0 Å². The van der Waals surface area contributed by atoms with Gasteiger partial charge in [0.2, 0.25) is 0 Å². The zero-order valence-electron chi connectivity index (χ0n) is 10.7. The van der Waals surface area contributed by atoms with Gasteiger partial charge in [-0.3, -0.25) is 4.98 Å². The van der Waals surface area contributed by atoms with Crippen molar-refractivity contribution in [2.45, 2.75) is 44.9 Å². The number of nitrogens with zero attached hydrogens (tertiary/aromatic N) is 1. The number of aliphatic hydroxyl groups excluding tert-OH is 1. The van der Waals surface area contributed by atoms with Crippen molar-refractivity contribution in [2.24, 2.45) is 0 Å². The molecule has 1 saturated heterocycles. The van der Waals surface area contributed by atoms with E-state index in [2.05, 4.69) is 4.98 Å². The van der Waals surface area contributed by atoms with E-state index >= 15 is 0 Å². The molecule has 0 aliphatic carbocycles. The van der Waals surface area contributed by atoms with E-state index in [9.17, 15) is 5.11 Å². The molecule has 4 nitrogen and oxygen atoms in total. The number of aliphatic hydroxyl groups is 1. The molecule has 17 heavy (non-hydrogen) atoms. The minimum Gasteiger partial charge on any atom is -0.401 e. The first-order valence-corrected chi connectivity index (χ1v) is 5.77. The molecule has 0 bridgehead atoms. The minimum absolute atomic E-state index is 0.430. The van der Waals surface area contributed by atoms with Gasteiger partial charge >= 0.3 is 7.12 Å². The van der Waals surface area contributed by atoms with Crippen molar-refractivity contribution in [1.29, 1.82) is 0 Å². The highest BCUT2D eigenvalue weighted by atomic mass is 16.7. The summed E-state index contributed by atoms with van der Waals surface area (Å²) in [4.78, 5) is 3.98. The summed E-state index contributed by atoms with van der Waals surface area (Å²) in [6.07, 6.45) is 3.29. The Morgan fingerprint density at radius 2 is 1.82 bits per heavy atom. The minimum atomic E-state index is -0.815. The molecule has 2 rings (SSSR count). The molecule has 1 aromatic heterocycles. The maximum atomic E-state index is 10.2. The van der Waals surface area contributed by atoms with Gasteiger partial charge in [-0.25, -0.2) is 0 Å². The highest BCUT2D eigenvalue weighted by Crippen LogP contribution is 2.39. The van der Waals surface area contributed by atoms with Crippen LogP contribution >= 0.6 is 0 Å². The Hall–Kier alpha value is -0.905. The predicted molar refractivity (Wildman–Crippen MR) is 65.3 cm³/mol. The molecule has 1 atom stereocenters. The molecule has 1 aliphatic heterocycles. The van der Waals surface area contributed by atoms with Crippen LogP contribution in [0.2, 0.25) is 0 Å². The van der Waals surface area contributed by atoms with Crippen LogP contribution in [0.15, 0.2) is 24.5 Å². The lowest BCUT2D eigenvalue weighted by Crippen LogP contribution is -2.41. The predicted octanol–water partition coefficient (Wildman–Crippen LogP) is 1.75. The number of aromatic nitrogens is 1. The monoisotopic (exact) mass is 235 g/mol. The summed E-state index contributed by atoms with van der Waals surface area (Å²) >= 11 is 0. The van der Waals surface area contributed by atoms with Gasteiger partial charge in [-0.2, -0.15) is 0 Å². The van der Waals surface area contributed by atoms with E-state index in [1.165, 1.54) is 0 Å². The van der Waals surface area contributed by atoms with Crippen LogP contribution in [0, 0.1) is 0 Å². The smallest absolute Gasteiger partial charge is 0.401 e. The van der Waals surface area contributed by atoms with Crippen LogP contribution in [-0.4, -0.2) is 28.4 Å². The molecule has 1 unspecified atom stereocenters. The third kappa shape index (κ3) is 2.23. The summed E-state index contributed by atoms with van der Waals surface area (Å²) in [6, 6.07) is 2.77. The molecule has 1 N–H and O–H groups in total. The lowest BCUT2D eigenvalue weighted by molar-refractivity contribution is 0.00578. The first-order chi connectivity index (χ1) is 7.83. The molecule has 92 valence electrons. The summed E-state index contributed by atoms with van der Waals surface area (Å²) in [5.74, 6) is 0. The van der Waals surface area contributed by atoms with E-state index in [1.54, 1.807) is 18.5 Å². The SMILES string of the molecule is CC1(C)OB(C(O)c2cccnc2)OC1(C)C. The first-order valence-electron chi connectivity index (χ1n) is 5.77. The molecule has 1 fully saturated rings. The molecular formula is C12H18BNO3. The fraction of sp³-hybridized carbons (Fsp3) is 0.583. The van der Waals surface area contributed by atoms with E-state index < -0.39 is 24.3 Å². The van der Waals surface area contributed by atoms with E-state index in [0.29, 0.717) is 5.56 Å². The average Bonchev–Trinajstić information content (AvgIpc) is 2.48. The molecular weight excluding hydrogens is 217 g/mol. The molecule has 0 aromatic carbocycles. The normalized spacial score (nSPS) is 23.7. The van der Waals surface area contributed by atoms with Crippen molar-refractivity contribution in [3.63, 3.8) is 0 Å². The van der Waals surface area contributed by atoms with Crippen molar-refractivity contribution < 1.29 is 14.4 Å². The molecule has 2 heterocycles. The van der Waals surface area contributed by atoms with Gasteiger partial charge in [0, 0.05) is 12.4 Å². The molecule has 0 spiro atoms. The van der Waals surface area contributed by atoms with Gasteiger partial charge in [0.05, 0.1) is 11.2 Å². The Labute approximate surface area is 102 Å². The topological polar surface area (TPSA) is 51.6 Å². The van der Waals surface area contributed by atoms with E-state index in [4.69, 9.17) is 9.31 Å². The largest absolute Gasteiger partial charge is 0.493 e. The van der Waals surface area contributed by atoms with Gasteiger partial charge in [-0.05, 0) is 39.3 Å². The van der Waals surface area contributed by atoms with Crippen LogP contribution in [0.25, 0.3) is 0 Å². The van der Waals surface area contributed by atoms with Crippen LogP contribution in [0.5, 0.6) is 0 Å². The Kier molecular flexibility index (Phi) is 3.02. The summed E-state index contributed by atoms with van der Waals surface area (Å²) < 4.78 is 11.6. The van der Waals surface area contributed by atoms with Crippen LogP contribution in [0.1, 0.15) is 39.3 Å². The Morgan fingerprint density at radius 1 is 1.24 bits per heavy atom. The van der Waals surface area contributed by atoms with Gasteiger partial charge in [0.1, 0.15) is 6.00 Å². The second-order valence-electron chi connectivity index (χ2n) is 5.36. The number of hydrogen-bond acceptors (Lipinski definition) is 4. The van der Waals surface area contributed by atoms with Crippen molar-refractivity contribution >= 4 is 7.12 Å². The molecule has 0 saturated carbocycles. The van der Waals surface area contributed by atoms with Crippen LogP contribution in [0.3, 0.4) is 0 Å². The van der Waals surface area contributed by atoms with Gasteiger partial charge < -0.3 is 14.4 Å². The second-order valence-corrected chi connectivity index (χ2v) is 5.36. The number of hydrogen-bond donors (Lipinski definition) is 1. The lowest BCUT2D eigenvalue weighted by atomic mass is 9.77. The molecule has 0 amide bonds. The summed E-state index contributed by atoms with van der Waals surface area (Å²) in [6.45, 7) is 7.85. The molecule has 1 aromatic rings. The van der Waals surface area contributed by atoms with Gasteiger partial charge in [-0.1, -0.05) is 6.07 Å². The summed E-state index contributed by atoms with van der Waals surface area (Å²) in [7, 11) is -0.649. The van der Waals surface area contributed by atoms with Crippen molar-refractivity contribution in [3.8, 4) is 0 Å². The van der Waals surface area contributed by atoms with Crippen molar-refractivity contribution in [3.05, 3.63) is 30.1 Å². The zero-order valence-corrected chi connectivity index (χ0v) is 10.7. The fourth-order valence-corrected chi connectivity index (χ4v) is 1.73. The number of rotatable bonds is 2. The van der Waals surface area contributed by atoms with E-state index in [0.717, 1.165) is 0 Å². The summed E-state index contributed by atoms with van der Waals surface area (Å²) in [5.41, 5.74) is -0.159. The Bertz CT molecular complexity index is 378. The first kappa shape index (κ1) is 12.5. The fourth-order valence-electron chi connectivity index (χ4n) is 1.73. The van der Waals surface area contributed by atoms with E-state index in [-0.39, 0.29) is 0 Å². The highest BCUT2D eigenvalue weighted by molar-refractivity contribution is 6.46. The quantitative estimate of drug-likeness (QED) is 0.793. The van der Waals surface area contributed by atoms with Crippen LogP contribution < -0.4 is 0 Å². The van der Waals surface area contributed by atoms with Crippen molar-refractivity contribution in [1.82, 2.24) is 4.98 Å². The standard InChI is InChI=1S/C12H18BNO3/c1-11(2)12(3,4)17-13(16-11)10(15)9-6-5-7-14-8-9/h5-8,10,15H,1-4H3. The summed E-state index contributed by atoms with van der Waals surface area (Å²) in [5, 5.41) is 10.2. The molecule has 5 heteroatoms. The van der Waals surface area contributed by atoms with Gasteiger partial charge in [-0.15, -0.1) is 0 Å². The zero-order chi connectivity index (χ0) is 12.7.